The first-order chi connectivity index (χ1) is 13.6. The lowest BCUT2D eigenvalue weighted by Crippen LogP contribution is -2.32. The fourth-order valence-electron chi connectivity index (χ4n) is 3.28. The second-order valence-electron chi connectivity index (χ2n) is 6.95. The van der Waals surface area contributed by atoms with Gasteiger partial charge in [-0.2, -0.15) is 0 Å². The summed E-state index contributed by atoms with van der Waals surface area (Å²) in [6.45, 7) is 4.25. The summed E-state index contributed by atoms with van der Waals surface area (Å²) < 4.78 is 11.5. The number of benzene rings is 2. The van der Waals surface area contributed by atoms with E-state index in [2.05, 4.69) is 10.6 Å². The number of amides is 1. The van der Waals surface area contributed by atoms with E-state index in [1.165, 1.54) is 12.8 Å². The maximum Gasteiger partial charge on any atom is 0.246 e. The van der Waals surface area contributed by atoms with Crippen molar-refractivity contribution in [2.24, 2.45) is 0 Å². The molecule has 0 saturated heterocycles. The molecule has 1 atom stereocenters. The fourth-order valence-corrected chi connectivity index (χ4v) is 3.50. The second kappa shape index (κ2) is 9.69. The summed E-state index contributed by atoms with van der Waals surface area (Å²) in [5.41, 5.74) is 1.42. The predicted octanol–water partition coefficient (Wildman–Crippen LogP) is 5.50. The Morgan fingerprint density at radius 3 is 2.64 bits per heavy atom. The number of carbonyl (C=O) groups excluding carboxylic acids is 1. The van der Waals surface area contributed by atoms with Crippen LogP contribution in [-0.2, 0) is 4.79 Å². The molecule has 6 heteroatoms. The molecule has 1 aliphatic rings. The number of para-hydroxylation sites is 2. The molecule has 150 valence electrons. The molecular formula is C22H27ClN2O3. The van der Waals surface area contributed by atoms with Crippen molar-refractivity contribution in [1.29, 1.82) is 0 Å². The third kappa shape index (κ3) is 5.32. The van der Waals surface area contributed by atoms with Crippen LogP contribution in [0.4, 0.5) is 11.4 Å². The van der Waals surface area contributed by atoms with Crippen molar-refractivity contribution >= 4 is 28.9 Å². The third-order valence-electron chi connectivity index (χ3n) is 4.75. The van der Waals surface area contributed by atoms with E-state index in [0.717, 1.165) is 18.5 Å². The zero-order valence-corrected chi connectivity index (χ0v) is 17.1. The molecule has 3 rings (SSSR count). The van der Waals surface area contributed by atoms with Gasteiger partial charge in [0, 0.05) is 5.69 Å². The van der Waals surface area contributed by atoms with Crippen LogP contribution in [0.2, 0.25) is 5.02 Å². The van der Waals surface area contributed by atoms with E-state index < -0.39 is 6.04 Å². The lowest BCUT2D eigenvalue weighted by Gasteiger charge is -2.18. The van der Waals surface area contributed by atoms with Gasteiger partial charge in [-0.05, 0) is 69.9 Å². The van der Waals surface area contributed by atoms with E-state index in [1.54, 1.807) is 13.0 Å². The Morgan fingerprint density at radius 1 is 1.18 bits per heavy atom. The van der Waals surface area contributed by atoms with Gasteiger partial charge in [0.2, 0.25) is 5.91 Å². The van der Waals surface area contributed by atoms with Crippen LogP contribution in [-0.4, -0.2) is 24.7 Å². The highest BCUT2D eigenvalue weighted by atomic mass is 35.5. The number of halogens is 1. The van der Waals surface area contributed by atoms with E-state index >= 15 is 0 Å². The van der Waals surface area contributed by atoms with Crippen LogP contribution < -0.4 is 20.1 Å². The first-order valence-corrected chi connectivity index (χ1v) is 10.2. The zero-order valence-electron chi connectivity index (χ0n) is 16.3. The van der Waals surface area contributed by atoms with Crippen molar-refractivity contribution in [3.63, 3.8) is 0 Å². The normalized spacial score (nSPS) is 15.1. The minimum absolute atomic E-state index is 0.158. The summed E-state index contributed by atoms with van der Waals surface area (Å²) in [6, 6.07) is 12.5. The van der Waals surface area contributed by atoms with Gasteiger partial charge in [-0.25, -0.2) is 0 Å². The van der Waals surface area contributed by atoms with Gasteiger partial charge in [-0.3, -0.25) is 4.79 Å². The van der Waals surface area contributed by atoms with Crippen LogP contribution in [0.5, 0.6) is 11.5 Å². The van der Waals surface area contributed by atoms with Gasteiger partial charge in [0.25, 0.3) is 0 Å². The predicted molar refractivity (Wildman–Crippen MR) is 114 cm³/mol. The average Bonchev–Trinajstić information content (AvgIpc) is 3.19. The van der Waals surface area contributed by atoms with Gasteiger partial charge < -0.3 is 20.1 Å². The van der Waals surface area contributed by atoms with Gasteiger partial charge in [0.05, 0.1) is 23.4 Å². The number of ether oxygens (including phenoxy) is 2. The molecule has 1 aliphatic carbocycles. The molecule has 1 unspecified atom stereocenters. The van der Waals surface area contributed by atoms with Crippen LogP contribution in [0.15, 0.2) is 42.5 Å². The first kappa shape index (κ1) is 20.3. The number of hydrogen-bond donors (Lipinski definition) is 2. The summed E-state index contributed by atoms with van der Waals surface area (Å²) in [7, 11) is 0. The Balaban J connectivity index is 1.60. The minimum Gasteiger partial charge on any atom is -0.492 e. The molecule has 0 spiro atoms. The molecule has 5 nitrogen and oxygen atoms in total. The van der Waals surface area contributed by atoms with Crippen LogP contribution in [0.25, 0.3) is 0 Å². The quantitative estimate of drug-likeness (QED) is 0.612. The Bertz CT molecular complexity index is 806. The van der Waals surface area contributed by atoms with Gasteiger partial charge in [0.15, 0.2) is 0 Å². The van der Waals surface area contributed by atoms with Crippen molar-refractivity contribution in [3.8, 4) is 11.5 Å². The molecule has 0 aromatic heterocycles. The molecule has 0 bridgehead atoms. The van der Waals surface area contributed by atoms with E-state index in [0.29, 0.717) is 28.8 Å². The summed E-state index contributed by atoms with van der Waals surface area (Å²) in [5.74, 6) is 1.19. The molecule has 0 aliphatic heterocycles. The Morgan fingerprint density at radius 2 is 1.93 bits per heavy atom. The van der Waals surface area contributed by atoms with Gasteiger partial charge >= 0.3 is 0 Å². The molecule has 0 heterocycles. The molecule has 28 heavy (non-hydrogen) atoms. The van der Waals surface area contributed by atoms with E-state index in [9.17, 15) is 4.79 Å². The fraction of sp³-hybridized carbons (Fsp3) is 0.409. The molecule has 2 aromatic rings. The van der Waals surface area contributed by atoms with E-state index in [-0.39, 0.29) is 12.0 Å². The molecule has 1 saturated carbocycles. The highest BCUT2D eigenvalue weighted by molar-refractivity contribution is 6.32. The average molecular weight is 403 g/mol. The SMILES string of the molecule is CCOc1ccccc1NC(=O)C(C)Nc1ccc(OC2CCCC2)c(Cl)c1. The maximum atomic E-state index is 12.6. The lowest BCUT2D eigenvalue weighted by molar-refractivity contribution is -0.116. The first-order valence-electron chi connectivity index (χ1n) is 9.82. The monoisotopic (exact) mass is 402 g/mol. The smallest absolute Gasteiger partial charge is 0.246 e. The molecule has 2 N–H and O–H groups in total. The van der Waals surface area contributed by atoms with Crippen molar-refractivity contribution in [3.05, 3.63) is 47.5 Å². The van der Waals surface area contributed by atoms with Crippen LogP contribution in [0.3, 0.4) is 0 Å². The molecule has 0 radical (unpaired) electrons. The van der Waals surface area contributed by atoms with Crippen LogP contribution >= 0.6 is 11.6 Å². The highest BCUT2D eigenvalue weighted by Gasteiger charge is 2.19. The van der Waals surface area contributed by atoms with Crippen molar-refractivity contribution < 1.29 is 14.3 Å². The summed E-state index contributed by atoms with van der Waals surface area (Å²) in [4.78, 5) is 12.6. The minimum atomic E-state index is -0.452. The zero-order chi connectivity index (χ0) is 19.9. The molecular weight excluding hydrogens is 376 g/mol. The van der Waals surface area contributed by atoms with Gasteiger partial charge in [0.1, 0.15) is 17.5 Å². The molecule has 2 aromatic carbocycles. The number of anilines is 2. The van der Waals surface area contributed by atoms with Crippen molar-refractivity contribution in [2.75, 3.05) is 17.2 Å². The highest BCUT2D eigenvalue weighted by Crippen LogP contribution is 2.32. The number of hydrogen-bond acceptors (Lipinski definition) is 4. The summed E-state index contributed by atoms with van der Waals surface area (Å²) >= 11 is 6.37. The van der Waals surface area contributed by atoms with Gasteiger partial charge in [-0.1, -0.05) is 23.7 Å². The van der Waals surface area contributed by atoms with Gasteiger partial charge in [-0.15, -0.1) is 0 Å². The summed E-state index contributed by atoms with van der Waals surface area (Å²) in [6.07, 6.45) is 4.83. The maximum absolute atomic E-state index is 12.6. The Hall–Kier alpha value is -2.40. The summed E-state index contributed by atoms with van der Waals surface area (Å²) in [5, 5.41) is 6.64. The van der Waals surface area contributed by atoms with E-state index in [1.807, 2.05) is 43.3 Å². The largest absolute Gasteiger partial charge is 0.492 e. The van der Waals surface area contributed by atoms with E-state index in [4.69, 9.17) is 21.1 Å². The van der Waals surface area contributed by atoms with Crippen molar-refractivity contribution in [1.82, 2.24) is 0 Å². The number of nitrogens with one attached hydrogen (secondary N) is 2. The number of rotatable bonds is 8. The van der Waals surface area contributed by atoms with Crippen LogP contribution in [0, 0.1) is 0 Å². The Labute approximate surface area is 171 Å². The topological polar surface area (TPSA) is 59.6 Å². The Kier molecular flexibility index (Phi) is 7.04. The van der Waals surface area contributed by atoms with Crippen LogP contribution in [0.1, 0.15) is 39.5 Å². The molecule has 1 fully saturated rings. The van der Waals surface area contributed by atoms with Crippen molar-refractivity contribution in [2.45, 2.75) is 51.7 Å². The lowest BCUT2D eigenvalue weighted by atomic mass is 10.2. The second-order valence-corrected chi connectivity index (χ2v) is 7.36. The third-order valence-corrected chi connectivity index (χ3v) is 5.04. The molecule has 1 amide bonds. The standard InChI is InChI=1S/C22H27ClN2O3/c1-3-27-21-11-7-6-10-19(21)25-22(26)15(2)24-16-12-13-20(18(23)14-16)28-17-8-4-5-9-17/h6-7,10-15,17,24H,3-5,8-9H2,1-2H3,(H,25,26). The number of carbonyl (C=O) groups is 1.